The number of likely N-dealkylation sites (N-methyl/N-ethyl adjacent to an activating group) is 1. The molecule has 1 spiro atoms. The van der Waals surface area contributed by atoms with Crippen LogP contribution in [0.15, 0.2) is 22.6 Å². The van der Waals surface area contributed by atoms with Crippen LogP contribution in [0, 0.1) is 12.3 Å². The molecule has 9 heteroatoms. The summed E-state index contributed by atoms with van der Waals surface area (Å²) in [6, 6.07) is 5.49. The summed E-state index contributed by atoms with van der Waals surface area (Å²) >= 11 is 0. The third-order valence-electron chi connectivity index (χ3n) is 7.45. The molecule has 35 heavy (non-hydrogen) atoms. The SMILES string of the molecule is COc1ccc(C(=O)N2CCC3(CC2)CC(c2nnc(C(C)C)o2)N(CC(=O)N(C)C)C3)c(C)c1. The highest BCUT2D eigenvalue weighted by Crippen LogP contribution is 2.49. The average Bonchev–Trinajstić information content (AvgIpc) is 3.44. The Balaban J connectivity index is 1.49. The molecule has 2 aliphatic rings. The van der Waals surface area contributed by atoms with Crippen LogP contribution in [0.4, 0.5) is 0 Å². The Morgan fingerprint density at radius 2 is 1.94 bits per heavy atom. The summed E-state index contributed by atoms with van der Waals surface area (Å²) in [4.78, 5) is 31.6. The Hall–Kier alpha value is -2.94. The van der Waals surface area contributed by atoms with E-state index in [1.54, 1.807) is 26.1 Å². The number of piperidine rings is 1. The predicted octanol–water partition coefficient (Wildman–Crippen LogP) is 3.27. The van der Waals surface area contributed by atoms with Crippen LogP contribution in [0.1, 0.15) is 72.8 Å². The Morgan fingerprint density at radius 3 is 2.51 bits per heavy atom. The van der Waals surface area contributed by atoms with E-state index in [1.165, 1.54) is 0 Å². The Bertz CT molecular complexity index is 1070. The molecule has 9 nitrogen and oxygen atoms in total. The number of aryl methyl sites for hydroxylation is 1. The lowest BCUT2D eigenvalue weighted by Gasteiger charge is -2.39. The van der Waals surface area contributed by atoms with Crippen LogP contribution >= 0.6 is 0 Å². The summed E-state index contributed by atoms with van der Waals surface area (Å²) in [5.41, 5.74) is 1.65. The Kier molecular flexibility index (Phi) is 7.17. The van der Waals surface area contributed by atoms with Crippen molar-refractivity contribution in [1.29, 1.82) is 0 Å². The molecule has 0 saturated carbocycles. The number of aromatic nitrogens is 2. The maximum absolute atomic E-state index is 13.3. The fraction of sp³-hybridized carbons (Fsp3) is 0.615. The van der Waals surface area contributed by atoms with E-state index in [1.807, 2.05) is 43.9 Å². The van der Waals surface area contributed by atoms with Crippen molar-refractivity contribution in [2.24, 2.45) is 5.41 Å². The van der Waals surface area contributed by atoms with Gasteiger partial charge >= 0.3 is 0 Å². The van der Waals surface area contributed by atoms with Gasteiger partial charge in [0.1, 0.15) is 5.75 Å². The number of methoxy groups -OCH3 is 1. The highest BCUT2D eigenvalue weighted by atomic mass is 16.5. The zero-order valence-electron chi connectivity index (χ0n) is 21.7. The van der Waals surface area contributed by atoms with Gasteiger partial charge in [0.2, 0.25) is 17.7 Å². The second kappa shape index (κ2) is 9.97. The first-order valence-electron chi connectivity index (χ1n) is 12.3. The summed E-state index contributed by atoms with van der Waals surface area (Å²) in [6.07, 6.45) is 2.60. The number of carbonyl (C=O) groups is 2. The molecular weight excluding hydrogens is 446 g/mol. The third kappa shape index (κ3) is 5.19. The molecule has 3 heterocycles. The number of hydrogen-bond donors (Lipinski definition) is 0. The number of amides is 2. The largest absolute Gasteiger partial charge is 0.497 e. The average molecular weight is 484 g/mol. The summed E-state index contributed by atoms with van der Waals surface area (Å²) < 4.78 is 11.3. The van der Waals surface area contributed by atoms with Crippen molar-refractivity contribution in [2.75, 3.05) is 47.4 Å². The first-order valence-corrected chi connectivity index (χ1v) is 12.3. The van der Waals surface area contributed by atoms with E-state index in [0.717, 1.165) is 42.7 Å². The molecule has 1 aromatic carbocycles. The van der Waals surface area contributed by atoms with E-state index in [4.69, 9.17) is 9.15 Å². The molecule has 1 unspecified atom stereocenters. The van der Waals surface area contributed by atoms with Gasteiger partial charge in [-0.3, -0.25) is 14.5 Å². The van der Waals surface area contributed by atoms with Gasteiger partial charge in [-0.05, 0) is 55.4 Å². The number of hydrogen-bond acceptors (Lipinski definition) is 7. The van der Waals surface area contributed by atoms with Gasteiger partial charge in [-0.1, -0.05) is 13.8 Å². The van der Waals surface area contributed by atoms with Crippen LogP contribution in [0.2, 0.25) is 0 Å². The van der Waals surface area contributed by atoms with Gasteiger partial charge in [0.25, 0.3) is 5.91 Å². The van der Waals surface area contributed by atoms with E-state index in [9.17, 15) is 9.59 Å². The molecule has 0 aliphatic carbocycles. The summed E-state index contributed by atoms with van der Waals surface area (Å²) in [5, 5.41) is 8.58. The van der Waals surface area contributed by atoms with Crippen molar-refractivity contribution in [3.05, 3.63) is 41.1 Å². The lowest BCUT2D eigenvalue weighted by Crippen LogP contribution is -2.45. The minimum absolute atomic E-state index is 0.00938. The lowest BCUT2D eigenvalue weighted by atomic mass is 9.76. The first-order chi connectivity index (χ1) is 16.6. The molecule has 2 amide bonds. The normalized spacial score (nSPS) is 20.0. The summed E-state index contributed by atoms with van der Waals surface area (Å²) in [7, 11) is 5.18. The van der Waals surface area contributed by atoms with E-state index in [0.29, 0.717) is 31.4 Å². The van der Waals surface area contributed by atoms with Gasteiger partial charge in [0, 0.05) is 45.2 Å². The van der Waals surface area contributed by atoms with Crippen LogP contribution < -0.4 is 4.74 Å². The van der Waals surface area contributed by atoms with Crippen molar-refractivity contribution in [1.82, 2.24) is 24.9 Å². The lowest BCUT2D eigenvalue weighted by molar-refractivity contribution is -0.130. The Morgan fingerprint density at radius 1 is 1.23 bits per heavy atom. The molecule has 2 aliphatic heterocycles. The van der Waals surface area contributed by atoms with Crippen molar-refractivity contribution in [3.8, 4) is 5.75 Å². The zero-order valence-corrected chi connectivity index (χ0v) is 21.7. The fourth-order valence-corrected chi connectivity index (χ4v) is 5.20. The maximum Gasteiger partial charge on any atom is 0.254 e. The zero-order chi connectivity index (χ0) is 25.3. The number of ether oxygens (including phenoxy) is 1. The minimum atomic E-state index is -0.0926. The monoisotopic (exact) mass is 483 g/mol. The minimum Gasteiger partial charge on any atom is -0.497 e. The quantitative estimate of drug-likeness (QED) is 0.623. The van der Waals surface area contributed by atoms with Crippen LogP contribution in [-0.2, 0) is 4.79 Å². The van der Waals surface area contributed by atoms with Crippen LogP contribution in [0.25, 0.3) is 0 Å². The highest BCUT2D eigenvalue weighted by Gasteiger charge is 2.48. The molecule has 2 saturated heterocycles. The molecule has 2 fully saturated rings. The van der Waals surface area contributed by atoms with Crippen molar-refractivity contribution >= 4 is 11.8 Å². The Labute approximate surface area is 207 Å². The molecule has 0 bridgehead atoms. The summed E-state index contributed by atoms with van der Waals surface area (Å²) in [5.74, 6) is 2.23. The van der Waals surface area contributed by atoms with Gasteiger partial charge in [0.05, 0.1) is 19.7 Å². The van der Waals surface area contributed by atoms with Gasteiger partial charge in [-0.25, -0.2) is 0 Å². The second-order valence-electron chi connectivity index (χ2n) is 10.5. The fourth-order valence-electron chi connectivity index (χ4n) is 5.20. The summed E-state index contributed by atoms with van der Waals surface area (Å²) in [6.45, 7) is 8.46. The van der Waals surface area contributed by atoms with Crippen molar-refractivity contribution < 1.29 is 18.7 Å². The standard InChI is InChI=1S/C26H37N5O4/c1-17(2)23-27-28-24(35-23)21-14-26(16-31(21)15-22(32)29(4)5)9-11-30(12-10-26)25(33)20-8-7-19(34-6)13-18(20)3/h7-8,13,17,21H,9-12,14-16H2,1-6H3. The van der Waals surface area contributed by atoms with Crippen molar-refractivity contribution in [2.45, 2.75) is 52.0 Å². The molecule has 1 atom stereocenters. The number of nitrogens with zero attached hydrogens (tertiary/aromatic N) is 5. The van der Waals surface area contributed by atoms with E-state index in [-0.39, 0.29) is 29.2 Å². The molecule has 4 rings (SSSR count). The van der Waals surface area contributed by atoms with Crippen LogP contribution in [0.5, 0.6) is 5.75 Å². The molecular formula is C26H37N5O4. The predicted molar refractivity (Wildman–Crippen MR) is 131 cm³/mol. The first kappa shape index (κ1) is 25.2. The topological polar surface area (TPSA) is 92.0 Å². The number of benzene rings is 1. The maximum atomic E-state index is 13.3. The second-order valence-corrected chi connectivity index (χ2v) is 10.5. The molecule has 190 valence electrons. The van der Waals surface area contributed by atoms with E-state index >= 15 is 0 Å². The number of carbonyl (C=O) groups excluding carboxylic acids is 2. The number of likely N-dealkylation sites (tertiary alicyclic amines) is 2. The van der Waals surface area contributed by atoms with Crippen molar-refractivity contribution in [3.63, 3.8) is 0 Å². The van der Waals surface area contributed by atoms with Gasteiger partial charge in [-0.15, -0.1) is 10.2 Å². The molecule has 2 aromatic rings. The smallest absolute Gasteiger partial charge is 0.254 e. The highest BCUT2D eigenvalue weighted by molar-refractivity contribution is 5.95. The van der Waals surface area contributed by atoms with Gasteiger partial charge in [-0.2, -0.15) is 0 Å². The molecule has 1 aromatic heterocycles. The van der Waals surface area contributed by atoms with E-state index < -0.39 is 0 Å². The van der Waals surface area contributed by atoms with Crippen LogP contribution in [-0.4, -0.2) is 84.1 Å². The third-order valence-corrected chi connectivity index (χ3v) is 7.45. The van der Waals surface area contributed by atoms with Gasteiger partial charge in [0.15, 0.2) is 0 Å². The number of rotatable bonds is 6. The van der Waals surface area contributed by atoms with Gasteiger partial charge < -0.3 is 19.0 Å². The van der Waals surface area contributed by atoms with E-state index in [2.05, 4.69) is 15.1 Å². The molecule has 0 radical (unpaired) electrons. The van der Waals surface area contributed by atoms with Crippen LogP contribution in [0.3, 0.4) is 0 Å². The molecule has 0 N–H and O–H groups in total.